The van der Waals surface area contributed by atoms with E-state index < -0.39 is 108 Å². The maximum atomic E-state index is 14.6. The van der Waals surface area contributed by atoms with Crippen molar-refractivity contribution in [2.45, 2.75) is 219 Å². The fraction of sp³-hybridized carbons (Fsp3) is 0.615. The number of H-pyrrole nitrogens is 1. The molecule has 4 heterocycles. The van der Waals surface area contributed by atoms with E-state index in [0.29, 0.717) is 54.6 Å². The van der Waals surface area contributed by atoms with Crippen LogP contribution in [0.1, 0.15) is 177 Å². The fourth-order valence-electron chi connectivity index (χ4n) is 14.9. The molecule has 4 N–H and O–H groups in total. The number of aromatic amines is 1. The summed E-state index contributed by atoms with van der Waals surface area (Å²) in [4.78, 5) is 130. The molecule has 29 heteroatoms. The van der Waals surface area contributed by atoms with Crippen molar-refractivity contribution >= 4 is 89.6 Å². The number of methoxy groups -OCH3 is 3. The summed E-state index contributed by atoms with van der Waals surface area (Å²) in [5.74, 6) is -3.00. The summed E-state index contributed by atoms with van der Waals surface area (Å²) < 4.78 is 89.8. The van der Waals surface area contributed by atoms with Gasteiger partial charge in [0.15, 0.2) is 17.0 Å². The van der Waals surface area contributed by atoms with Gasteiger partial charge in [-0.2, -0.15) is 16.8 Å². The van der Waals surface area contributed by atoms with Crippen LogP contribution in [0, 0.1) is 51.2 Å². The summed E-state index contributed by atoms with van der Waals surface area (Å²) in [7, 11) is -3.54. The number of likely N-dealkylation sites (tertiary alicyclic amines) is 2. The van der Waals surface area contributed by atoms with E-state index in [-0.39, 0.29) is 104 Å². The highest BCUT2D eigenvalue weighted by molar-refractivity contribution is 7.85. The van der Waals surface area contributed by atoms with Crippen molar-refractivity contribution in [3.8, 4) is 17.2 Å². The van der Waals surface area contributed by atoms with Crippen molar-refractivity contribution in [3.63, 3.8) is 0 Å². The number of fused-ring (bicyclic) bond motifs is 2. The van der Waals surface area contributed by atoms with E-state index in [2.05, 4.69) is 32.4 Å². The van der Waals surface area contributed by atoms with E-state index in [9.17, 15) is 60.0 Å². The predicted octanol–water partition coefficient (Wildman–Crippen LogP) is 9.81. The van der Waals surface area contributed by atoms with Crippen LogP contribution in [-0.4, -0.2) is 161 Å². The van der Waals surface area contributed by atoms with Crippen molar-refractivity contribution in [3.05, 3.63) is 96.5 Å². The third kappa shape index (κ3) is 21.9. The zero-order valence-electron chi connectivity index (χ0n) is 63.1. The van der Waals surface area contributed by atoms with Gasteiger partial charge in [0.1, 0.15) is 35.6 Å². The van der Waals surface area contributed by atoms with Crippen LogP contribution < -0.4 is 29.5 Å². The molecule has 0 radical (unpaired) electrons. The van der Waals surface area contributed by atoms with E-state index in [0.717, 1.165) is 80.9 Å². The monoisotopic (exact) mass is 1530 g/mol. The van der Waals surface area contributed by atoms with Crippen LogP contribution in [0.2, 0.25) is 0 Å². The third-order valence-electron chi connectivity index (χ3n) is 21.5. The highest BCUT2D eigenvalue weighted by atomic mass is 32.2. The summed E-state index contributed by atoms with van der Waals surface area (Å²) >= 11 is 0. The molecule has 8 fully saturated rings. The number of aromatic nitrogens is 2. The van der Waals surface area contributed by atoms with Crippen molar-refractivity contribution in [2.24, 2.45) is 56.4 Å². The lowest BCUT2D eigenvalue weighted by Gasteiger charge is -2.35. The van der Waals surface area contributed by atoms with Crippen LogP contribution in [0.15, 0.2) is 91.0 Å². The standard InChI is InChI=1S/C38H49N3O10S.C27H41NO6.C10H9NO2.C3H7NO3S/c1-6-23-20-38(23,36(45)40-52(46,47)51-25-11-12-25)21-32(42)31-18-27(49-33-15-16-39-30-17-26(48-5)13-14-28(30)33)22-41(31)35(44)29(37(2,3)4)19-34(43)50-24-9-7-8-10-24;1-7-18-14-27(18,25(32)33-6)15-22(29)21-12-17(2)16-28(21)24(31)20(26(3,4)5)13-23(30)34-19-10-8-9-11-19;1-13-7-2-3-8-9(6-7)11-5-4-10(8)12;4-8(5,6)7-3-1-2-3/h6,13-17,23-25,27,29,31H,1,7-12,18-22H2,2-5H3,(H,40,45);7,17-21H,1,8-16H2,2-6H3;2-6H,1H3,(H,11,12);3H,1-2H2,(H2,4,5,6)/t23-,27-,29-,31+,38-;17-,18+,20+,21-,27+;;/m10../s1. The second kappa shape index (κ2) is 34.6. The lowest BCUT2D eigenvalue weighted by molar-refractivity contribution is -0.156. The Morgan fingerprint density at radius 1 is 0.645 bits per heavy atom. The first-order chi connectivity index (χ1) is 50.4. The van der Waals surface area contributed by atoms with Gasteiger partial charge in [0, 0.05) is 67.2 Å². The molecule has 2 aromatic carbocycles. The van der Waals surface area contributed by atoms with E-state index in [4.69, 9.17) is 32.6 Å². The van der Waals surface area contributed by atoms with E-state index in [1.807, 2.05) is 59.3 Å². The molecule has 0 unspecified atom stereocenters. The van der Waals surface area contributed by atoms with Gasteiger partial charge in [0.05, 0.1) is 98.7 Å². The number of carbonyl (C=O) groups is 8. The number of allylic oxidation sites excluding steroid dienone is 2. The first-order valence-corrected chi connectivity index (χ1v) is 39.9. The average Bonchev–Trinajstić information content (AvgIpc) is 1.58. The van der Waals surface area contributed by atoms with E-state index >= 15 is 0 Å². The third-order valence-corrected chi connectivity index (χ3v) is 23.0. The highest BCUT2D eigenvalue weighted by Gasteiger charge is 2.63. The Bertz CT molecular complexity index is 4250. The van der Waals surface area contributed by atoms with Gasteiger partial charge in [-0.05, 0) is 155 Å². The van der Waals surface area contributed by atoms with Gasteiger partial charge in [-0.15, -0.1) is 13.2 Å². The number of pyridine rings is 2. The van der Waals surface area contributed by atoms with Gasteiger partial charge < -0.3 is 43.2 Å². The summed E-state index contributed by atoms with van der Waals surface area (Å²) in [6.45, 7) is 21.6. The number of nitrogens with one attached hydrogen (secondary N) is 2. The molecule has 2 aromatic heterocycles. The maximum absolute atomic E-state index is 14.6. The van der Waals surface area contributed by atoms with Gasteiger partial charge in [-0.25, -0.2) is 9.86 Å². The number of carbonyl (C=O) groups excluding carboxylic acids is 8. The minimum Gasteiger partial charge on any atom is -0.497 e. The second-order valence-electron chi connectivity index (χ2n) is 32.0. The molecule has 3 amide bonds. The molecule has 0 spiro atoms. The summed E-state index contributed by atoms with van der Waals surface area (Å²) in [6.07, 6.45) is 16.4. The number of nitrogens with zero attached hydrogens (tertiary/aromatic N) is 3. The number of ketones is 2. The molecule has 586 valence electrons. The lowest BCUT2D eigenvalue weighted by atomic mass is 9.77. The number of hydrogen-bond acceptors (Lipinski definition) is 22. The van der Waals surface area contributed by atoms with Crippen molar-refractivity contribution in [2.75, 3.05) is 34.4 Å². The number of amides is 3. The quantitative estimate of drug-likeness (QED) is 0.0284. The molecule has 12 rings (SSSR count). The molecule has 27 nitrogen and oxygen atoms in total. The topological polar surface area (TPSA) is 369 Å². The Balaban J connectivity index is 0.000000202. The zero-order chi connectivity index (χ0) is 78.1. The number of ether oxygens (including phenoxy) is 6. The van der Waals surface area contributed by atoms with Crippen LogP contribution in [0.5, 0.6) is 17.2 Å². The Hall–Kier alpha value is -8.12. The molecular weight excluding hydrogens is 1420 g/mol. The predicted molar refractivity (Wildman–Crippen MR) is 396 cm³/mol. The Morgan fingerprint density at radius 2 is 1.14 bits per heavy atom. The molecular formula is C78H106N6O21S2. The van der Waals surface area contributed by atoms with Crippen LogP contribution in [-0.2, 0) is 81.5 Å². The molecule has 107 heavy (non-hydrogen) atoms. The SMILES string of the molecule is C=C[C@@H]1C[C@]1(CC(=O)[C@@H]1C[C@@H](Oc2ccnc3cc(OC)ccc23)CN1C(=O)[C@@H](CC(=O)OC1CCCC1)C(C)(C)C)C(=O)NS(=O)(=O)OC1CC1.C=C[C@@H]1C[C@]1(CC(=O)[C@@H]1C[C@H](C)CN1C(=O)[C@@H](CC(=O)OC1CCCC1)C(C)(C)C)C(=O)OC.COc1ccc2c(=O)cc[nH]c2c1.NS(=O)(=O)OC1CC1. The van der Waals surface area contributed by atoms with Gasteiger partial charge in [-0.3, -0.25) is 56.5 Å². The molecule has 6 saturated carbocycles. The summed E-state index contributed by atoms with van der Waals surface area (Å²) in [6, 6.07) is 12.4. The molecule has 6 aliphatic carbocycles. The molecule has 4 aromatic rings. The van der Waals surface area contributed by atoms with Crippen molar-refractivity contribution in [1.29, 1.82) is 0 Å². The first kappa shape index (κ1) is 82.9. The lowest BCUT2D eigenvalue weighted by Crippen LogP contribution is -2.48. The molecule has 8 aliphatic rings. The van der Waals surface area contributed by atoms with Crippen molar-refractivity contribution < 1.29 is 92.0 Å². The fourth-order valence-corrected chi connectivity index (χ4v) is 16.5. The van der Waals surface area contributed by atoms with Gasteiger partial charge in [-0.1, -0.05) is 60.6 Å². The minimum atomic E-state index is -4.37. The van der Waals surface area contributed by atoms with Crippen LogP contribution in [0.4, 0.5) is 0 Å². The number of hydrogen-bond donors (Lipinski definition) is 3. The average molecular weight is 1530 g/mol. The second-order valence-corrected chi connectivity index (χ2v) is 34.4. The smallest absolute Gasteiger partial charge is 0.362 e. The maximum Gasteiger partial charge on any atom is 0.362 e. The van der Waals surface area contributed by atoms with Crippen LogP contribution in [0.3, 0.4) is 0 Å². The summed E-state index contributed by atoms with van der Waals surface area (Å²) in [5, 5.41) is 5.93. The number of nitrogens with two attached hydrogens (primary N) is 1. The minimum absolute atomic E-state index is 0.00919. The van der Waals surface area contributed by atoms with E-state index in [1.165, 1.54) is 18.1 Å². The van der Waals surface area contributed by atoms with Gasteiger partial charge in [0.25, 0.3) is 0 Å². The number of benzene rings is 2. The van der Waals surface area contributed by atoms with Gasteiger partial charge in [0.2, 0.25) is 17.7 Å². The van der Waals surface area contributed by atoms with Crippen LogP contribution in [0.25, 0.3) is 21.8 Å². The van der Waals surface area contributed by atoms with Gasteiger partial charge >= 0.3 is 38.5 Å². The van der Waals surface area contributed by atoms with Crippen molar-refractivity contribution in [1.82, 2.24) is 24.5 Å². The normalized spacial score (nSPS) is 24.7. The van der Waals surface area contributed by atoms with E-state index in [1.54, 1.807) is 80.1 Å². The van der Waals surface area contributed by atoms with Crippen LogP contribution >= 0.6 is 0 Å². The number of Topliss-reactive ketones (excluding diaryl/α,β-unsaturated/α-hetero) is 2. The largest absolute Gasteiger partial charge is 0.497 e. The Kier molecular flexibility index (Phi) is 26.8. The first-order valence-electron chi connectivity index (χ1n) is 37.0. The highest BCUT2D eigenvalue weighted by Crippen LogP contribution is 2.58. The molecule has 0 bridgehead atoms. The molecule has 2 saturated heterocycles. The zero-order valence-corrected chi connectivity index (χ0v) is 64.8. The Labute approximate surface area is 626 Å². The number of rotatable bonds is 27. The summed E-state index contributed by atoms with van der Waals surface area (Å²) in [5.41, 5.74) is -1.89. The Morgan fingerprint density at radius 3 is 1.63 bits per heavy atom. The number of esters is 3. The molecule has 2 aliphatic heterocycles. The molecule has 10 atom stereocenters.